The molecule has 1 aliphatic rings. The second-order valence-corrected chi connectivity index (χ2v) is 6.60. The SMILES string of the molecule is CC(NC1CCCCCC1)(C(=O)O)c1ccccc1Br. The lowest BCUT2D eigenvalue weighted by molar-refractivity contribution is -0.145. The highest BCUT2D eigenvalue weighted by molar-refractivity contribution is 9.10. The lowest BCUT2D eigenvalue weighted by Gasteiger charge is -2.32. The van der Waals surface area contributed by atoms with Crippen LogP contribution in [0.5, 0.6) is 0 Å². The average molecular weight is 340 g/mol. The molecule has 0 aliphatic heterocycles. The van der Waals surface area contributed by atoms with E-state index in [1.165, 1.54) is 25.7 Å². The van der Waals surface area contributed by atoms with Gasteiger partial charge in [0, 0.05) is 10.5 Å². The van der Waals surface area contributed by atoms with E-state index < -0.39 is 11.5 Å². The van der Waals surface area contributed by atoms with Crippen LogP contribution >= 0.6 is 15.9 Å². The number of aliphatic carboxylic acids is 1. The molecule has 110 valence electrons. The fourth-order valence-electron chi connectivity index (χ4n) is 2.95. The highest BCUT2D eigenvalue weighted by Gasteiger charge is 2.38. The third-order valence-corrected chi connectivity index (χ3v) is 4.88. The second kappa shape index (κ2) is 6.72. The third-order valence-electron chi connectivity index (χ3n) is 4.19. The van der Waals surface area contributed by atoms with Gasteiger partial charge in [-0.15, -0.1) is 0 Å². The first-order valence-electron chi connectivity index (χ1n) is 7.30. The van der Waals surface area contributed by atoms with E-state index in [4.69, 9.17) is 0 Å². The van der Waals surface area contributed by atoms with Crippen molar-refractivity contribution in [3.63, 3.8) is 0 Å². The molecule has 0 bridgehead atoms. The van der Waals surface area contributed by atoms with Crippen LogP contribution < -0.4 is 5.32 Å². The quantitative estimate of drug-likeness (QED) is 0.813. The van der Waals surface area contributed by atoms with Gasteiger partial charge >= 0.3 is 5.97 Å². The molecule has 20 heavy (non-hydrogen) atoms. The van der Waals surface area contributed by atoms with Crippen molar-refractivity contribution in [2.24, 2.45) is 0 Å². The minimum atomic E-state index is -1.05. The summed E-state index contributed by atoms with van der Waals surface area (Å²) in [4.78, 5) is 11.9. The van der Waals surface area contributed by atoms with E-state index >= 15 is 0 Å². The Kier molecular flexibility index (Phi) is 5.22. The molecule has 1 aromatic rings. The number of rotatable bonds is 4. The predicted molar refractivity (Wildman–Crippen MR) is 83.8 cm³/mol. The van der Waals surface area contributed by atoms with Crippen molar-refractivity contribution in [3.05, 3.63) is 34.3 Å². The fraction of sp³-hybridized carbons (Fsp3) is 0.562. The first kappa shape index (κ1) is 15.5. The van der Waals surface area contributed by atoms with Crippen molar-refractivity contribution in [1.29, 1.82) is 0 Å². The van der Waals surface area contributed by atoms with Crippen LogP contribution in [0.3, 0.4) is 0 Å². The minimum Gasteiger partial charge on any atom is -0.480 e. The maximum atomic E-state index is 11.9. The molecule has 2 N–H and O–H groups in total. The first-order valence-corrected chi connectivity index (χ1v) is 8.09. The maximum absolute atomic E-state index is 11.9. The van der Waals surface area contributed by atoms with Gasteiger partial charge < -0.3 is 5.11 Å². The van der Waals surface area contributed by atoms with Gasteiger partial charge in [-0.1, -0.05) is 59.8 Å². The summed E-state index contributed by atoms with van der Waals surface area (Å²) >= 11 is 3.48. The van der Waals surface area contributed by atoms with Crippen molar-refractivity contribution < 1.29 is 9.90 Å². The molecule has 0 amide bonds. The summed E-state index contributed by atoms with van der Waals surface area (Å²) in [6, 6.07) is 7.84. The highest BCUT2D eigenvalue weighted by Crippen LogP contribution is 2.31. The van der Waals surface area contributed by atoms with E-state index in [1.54, 1.807) is 6.92 Å². The van der Waals surface area contributed by atoms with E-state index in [2.05, 4.69) is 21.2 Å². The van der Waals surface area contributed by atoms with Gasteiger partial charge in [-0.05, 0) is 31.4 Å². The summed E-state index contributed by atoms with van der Waals surface area (Å²) < 4.78 is 0.839. The summed E-state index contributed by atoms with van der Waals surface area (Å²) in [6.07, 6.45) is 7.02. The fourth-order valence-corrected chi connectivity index (χ4v) is 3.63. The Balaban J connectivity index is 2.25. The predicted octanol–water partition coefficient (Wildman–Crippen LogP) is 4.06. The van der Waals surface area contributed by atoms with Crippen molar-refractivity contribution in [3.8, 4) is 0 Å². The molecule has 2 rings (SSSR count). The van der Waals surface area contributed by atoms with Crippen molar-refractivity contribution in [1.82, 2.24) is 5.32 Å². The van der Waals surface area contributed by atoms with Crippen LogP contribution in [-0.2, 0) is 10.3 Å². The van der Waals surface area contributed by atoms with E-state index in [0.29, 0.717) is 0 Å². The zero-order chi connectivity index (χ0) is 14.6. The number of benzene rings is 1. The van der Waals surface area contributed by atoms with Crippen LogP contribution in [0.2, 0.25) is 0 Å². The van der Waals surface area contributed by atoms with Crippen LogP contribution in [0.25, 0.3) is 0 Å². The Bertz CT molecular complexity index is 469. The summed E-state index contributed by atoms with van der Waals surface area (Å²) in [5.41, 5.74) is -0.258. The molecule has 0 spiro atoms. The molecule has 3 nitrogen and oxygen atoms in total. The van der Waals surface area contributed by atoms with E-state index in [9.17, 15) is 9.90 Å². The molecule has 0 radical (unpaired) electrons. The third kappa shape index (κ3) is 3.41. The molecule has 1 aromatic carbocycles. The summed E-state index contributed by atoms with van der Waals surface area (Å²) in [5.74, 6) is -0.825. The highest BCUT2D eigenvalue weighted by atomic mass is 79.9. The topological polar surface area (TPSA) is 49.3 Å². The van der Waals surface area contributed by atoms with E-state index in [0.717, 1.165) is 22.9 Å². The van der Waals surface area contributed by atoms with Crippen molar-refractivity contribution in [2.45, 2.75) is 57.0 Å². The number of nitrogens with one attached hydrogen (secondary N) is 1. The number of carbonyl (C=O) groups is 1. The number of halogens is 1. The Morgan fingerprint density at radius 3 is 2.40 bits per heavy atom. The number of carboxylic acids is 1. The van der Waals surface area contributed by atoms with Gasteiger partial charge in [0.2, 0.25) is 0 Å². The molecule has 1 unspecified atom stereocenters. The van der Waals surface area contributed by atoms with Crippen LogP contribution in [0.1, 0.15) is 51.0 Å². The summed E-state index contributed by atoms with van der Waals surface area (Å²) in [7, 11) is 0. The summed E-state index contributed by atoms with van der Waals surface area (Å²) in [5, 5.41) is 13.1. The standard InChI is InChI=1S/C16H22BrNO2/c1-16(15(19)20,13-10-6-7-11-14(13)17)18-12-8-4-2-3-5-9-12/h6-7,10-12,18H,2-5,8-9H2,1H3,(H,19,20). The monoisotopic (exact) mass is 339 g/mol. The van der Waals surface area contributed by atoms with Gasteiger partial charge in [-0.3, -0.25) is 5.32 Å². The second-order valence-electron chi connectivity index (χ2n) is 5.74. The molecule has 0 saturated heterocycles. The van der Waals surface area contributed by atoms with Gasteiger partial charge in [-0.2, -0.15) is 0 Å². The lowest BCUT2D eigenvalue weighted by atomic mass is 9.90. The summed E-state index contributed by atoms with van der Waals surface area (Å²) in [6.45, 7) is 1.76. The van der Waals surface area contributed by atoms with Crippen LogP contribution in [0.4, 0.5) is 0 Å². The molecule has 1 fully saturated rings. The molecule has 1 aliphatic carbocycles. The van der Waals surface area contributed by atoms with E-state index in [-0.39, 0.29) is 6.04 Å². The van der Waals surface area contributed by atoms with E-state index in [1.807, 2.05) is 24.3 Å². The molecule has 1 atom stereocenters. The van der Waals surface area contributed by atoms with Gasteiger partial charge in [0.05, 0.1) is 0 Å². The molecule has 1 saturated carbocycles. The maximum Gasteiger partial charge on any atom is 0.328 e. The smallest absolute Gasteiger partial charge is 0.328 e. The zero-order valence-corrected chi connectivity index (χ0v) is 13.4. The van der Waals surface area contributed by atoms with Gasteiger partial charge in [-0.25, -0.2) is 4.79 Å². The molecular formula is C16H22BrNO2. The Morgan fingerprint density at radius 2 is 1.85 bits per heavy atom. The number of hydrogen-bond donors (Lipinski definition) is 2. The van der Waals surface area contributed by atoms with Gasteiger partial charge in [0.1, 0.15) is 5.54 Å². The van der Waals surface area contributed by atoms with Crippen LogP contribution in [-0.4, -0.2) is 17.1 Å². The van der Waals surface area contributed by atoms with Crippen LogP contribution in [0.15, 0.2) is 28.7 Å². The lowest BCUT2D eigenvalue weighted by Crippen LogP contribution is -2.51. The molecule has 0 heterocycles. The molecule has 0 aromatic heterocycles. The van der Waals surface area contributed by atoms with Crippen molar-refractivity contribution >= 4 is 21.9 Å². The molecule has 4 heteroatoms. The first-order chi connectivity index (χ1) is 9.54. The van der Waals surface area contributed by atoms with Crippen LogP contribution in [0, 0.1) is 0 Å². The van der Waals surface area contributed by atoms with Gasteiger partial charge in [0.15, 0.2) is 0 Å². The Hall–Kier alpha value is -0.870. The zero-order valence-electron chi connectivity index (χ0n) is 11.9. The van der Waals surface area contributed by atoms with Crippen molar-refractivity contribution in [2.75, 3.05) is 0 Å². The minimum absolute atomic E-state index is 0.283. The molecular weight excluding hydrogens is 318 g/mol. The normalized spacial score (nSPS) is 20.1. The Labute approximate surface area is 128 Å². The van der Waals surface area contributed by atoms with Gasteiger partial charge in [0.25, 0.3) is 0 Å². The number of carboxylic acid groups (broad SMARTS) is 1. The Morgan fingerprint density at radius 1 is 1.25 bits per heavy atom. The largest absolute Gasteiger partial charge is 0.480 e. The number of hydrogen-bond acceptors (Lipinski definition) is 2. The average Bonchev–Trinajstić information content (AvgIpc) is 2.67.